The van der Waals surface area contributed by atoms with Gasteiger partial charge in [0.25, 0.3) is 0 Å². The van der Waals surface area contributed by atoms with Gasteiger partial charge in [0, 0.05) is 4.75 Å². The summed E-state index contributed by atoms with van der Waals surface area (Å²) in [6.07, 6.45) is 0.786. The largest absolute Gasteiger partial charge is 0.465 e. The van der Waals surface area contributed by atoms with Gasteiger partial charge in [-0.25, -0.2) is 0 Å². The van der Waals surface area contributed by atoms with Gasteiger partial charge in [0.1, 0.15) is 0 Å². The lowest BCUT2D eigenvalue weighted by Crippen LogP contribution is -2.18. The second-order valence-corrected chi connectivity index (χ2v) is 5.10. The molecule has 0 atom stereocenters. The summed E-state index contributed by atoms with van der Waals surface area (Å²) in [5.41, 5.74) is 0. The van der Waals surface area contributed by atoms with Crippen LogP contribution in [0, 0.1) is 5.92 Å². The molecule has 2 nitrogen and oxygen atoms in total. The number of thiol groups is 1. The Kier molecular flexibility index (Phi) is 4.68. The maximum absolute atomic E-state index is 11.0. The minimum atomic E-state index is -0.132. The SMILES string of the molecule is CC(C)C(=O)OCCC(C)(C)S. The van der Waals surface area contributed by atoms with E-state index in [1.807, 2.05) is 27.7 Å². The number of hydrogen-bond acceptors (Lipinski definition) is 3. The smallest absolute Gasteiger partial charge is 0.308 e. The van der Waals surface area contributed by atoms with Crippen LogP contribution in [-0.2, 0) is 9.53 Å². The molecule has 0 saturated heterocycles. The molecule has 0 bridgehead atoms. The zero-order valence-corrected chi connectivity index (χ0v) is 9.15. The highest BCUT2D eigenvalue weighted by Crippen LogP contribution is 2.16. The molecule has 0 N–H and O–H groups in total. The topological polar surface area (TPSA) is 26.3 Å². The van der Waals surface area contributed by atoms with Gasteiger partial charge in [-0.1, -0.05) is 27.7 Å². The van der Waals surface area contributed by atoms with E-state index in [1.54, 1.807) is 0 Å². The van der Waals surface area contributed by atoms with E-state index >= 15 is 0 Å². The Morgan fingerprint density at radius 2 is 2.00 bits per heavy atom. The molecule has 0 aromatic heterocycles. The van der Waals surface area contributed by atoms with E-state index < -0.39 is 0 Å². The van der Waals surface area contributed by atoms with E-state index in [0.29, 0.717) is 6.61 Å². The lowest BCUT2D eigenvalue weighted by atomic mass is 10.1. The van der Waals surface area contributed by atoms with Gasteiger partial charge in [-0.05, 0) is 6.42 Å². The van der Waals surface area contributed by atoms with Crippen molar-refractivity contribution >= 4 is 18.6 Å². The van der Waals surface area contributed by atoms with Crippen molar-refractivity contribution < 1.29 is 9.53 Å². The Bertz CT molecular complexity index is 147. The van der Waals surface area contributed by atoms with Crippen LogP contribution in [0.3, 0.4) is 0 Å². The summed E-state index contributed by atoms with van der Waals surface area (Å²) < 4.78 is 4.93. The van der Waals surface area contributed by atoms with Crippen LogP contribution < -0.4 is 0 Å². The van der Waals surface area contributed by atoms with Gasteiger partial charge >= 0.3 is 5.97 Å². The zero-order chi connectivity index (χ0) is 9.78. The summed E-state index contributed by atoms with van der Waals surface area (Å²) in [6, 6.07) is 0. The van der Waals surface area contributed by atoms with Gasteiger partial charge in [-0.2, -0.15) is 12.6 Å². The summed E-state index contributed by atoms with van der Waals surface area (Å²) in [5, 5.41) is 0. The van der Waals surface area contributed by atoms with Crippen LogP contribution in [0.15, 0.2) is 0 Å². The molecule has 0 spiro atoms. The highest BCUT2D eigenvalue weighted by atomic mass is 32.1. The van der Waals surface area contributed by atoms with Crippen molar-refractivity contribution in [3.8, 4) is 0 Å². The lowest BCUT2D eigenvalue weighted by molar-refractivity contribution is -0.147. The van der Waals surface area contributed by atoms with Crippen molar-refractivity contribution in [1.82, 2.24) is 0 Å². The van der Waals surface area contributed by atoms with Crippen molar-refractivity contribution in [1.29, 1.82) is 0 Å². The highest BCUT2D eigenvalue weighted by molar-refractivity contribution is 7.81. The van der Waals surface area contributed by atoms with Gasteiger partial charge in [-0.15, -0.1) is 0 Å². The minimum absolute atomic E-state index is 0.0342. The molecule has 0 amide bonds. The predicted octanol–water partition coefficient (Wildman–Crippen LogP) is 2.28. The summed E-state index contributed by atoms with van der Waals surface area (Å²) in [6.45, 7) is 8.12. The van der Waals surface area contributed by atoms with Crippen LogP contribution in [0.25, 0.3) is 0 Å². The first-order valence-corrected chi connectivity index (χ1v) is 4.66. The third kappa shape index (κ3) is 6.53. The Hall–Kier alpha value is -0.180. The van der Waals surface area contributed by atoms with E-state index in [4.69, 9.17) is 4.74 Å². The molecule has 0 fully saturated rings. The zero-order valence-electron chi connectivity index (χ0n) is 8.26. The molecule has 3 heteroatoms. The molecule has 0 radical (unpaired) electrons. The second-order valence-electron chi connectivity index (χ2n) is 3.88. The monoisotopic (exact) mass is 190 g/mol. The summed E-state index contributed by atoms with van der Waals surface area (Å²) in [5.74, 6) is -0.166. The predicted molar refractivity (Wildman–Crippen MR) is 53.5 cm³/mol. The van der Waals surface area contributed by atoms with Gasteiger partial charge in [0.05, 0.1) is 12.5 Å². The number of ether oxygens (including phenoxy) is 1. The number of esters is 1. The van der Waals surface area contributed by atoms with E-state index in [9.17, 15) is 4.79 Å². The summed E-state index contributed by atoms with van der Waals surface area (Å²) >= 11 is 4.32. The number of hydrogen-bond donors (Lipinski definition) is 1. The third-order valence-corrected chi connectivity index (χ3v) is 1.65. The maximum atomic E-state index is 11.0. The van der Waals surface area contributed by atoms with Crippen LogP contribution in [0.4, 0.5) is 0 Å². The van der Waals surface area contributed by atoms with Crippen molar-refractivity contribution in [3.05, 3.63) is 0 Å². The Morgan fingerprint density at radius 3 is 2.33 bits per heavy atom. The highest BCUT2D eigenvalue weighted by Gasteiger charge is 2.13. The molecule has 0 unspecified atom stereocenters. The Balaban J connectivity index is 3.51. The van der Waals surface area contributed by atoms with Crippen molar-refractivity contribution in [3.63, 3.8) is 0 Å². The molecule has 0 rings (SSSR count). The molecule has 72 valence electrons. The van der Waals surface area contributed by atoms with E-state index in [1.165, 1.54) is 0 Å². The molecule has 0 aromatic rings. The fourth-order valence-electron chi connectivity index (χ4n) is 0.568. The van der Waals surface area contributed by atoms with Gasteiger partial charge < -0.3 is 4.74 Å². The standard InChI is InChI=1S/C9H18O2S/c1-7(2)8(10)11-6-5-9(3,4)12/h7,12H,5-6H2,1-4H3. The average Bonchev–Trinajstić information content (AvgIpc) is 1.84. The fourth-order valence-corrected chi connectivity index (χ4v) is 0.659. The van der Waals surface area contributed by atoms with Gasteiger partial charge in [0.15, 0.2) is 0 Å². The molecule has 0 aromatic carbocycles. The van der Waals surface area contributed by atoms with Crippen molar-refractivity contribution in [2.75, 3.05) is 6.61 Å². The first-order valence-electron chi connectivity index (χ1n) is 4.22. The number of carbonyl (C=O) groups excluding carboxylic acids is 1. The van der Waals surface area contributed by atoms with Crippen molar-refractivity contribution in [2.24, 2.45) is 5.92 Å². The number of carbonyl (C=O) groups is 1. The minimum Gasteiger partial charge on any atom is -0.465 e. The summed E-state index contributed by atoms with van der Waals surface area (Å²) in [7, 11) is 0. The van der Waals surface area contributed by atoms with E-state index in [2.05, 4.69) is 12.6 Å². The molecule has 12 heavy (non-hydrogen) atoms. The quantitative estimate of drug-likeness (QED) is 0.544. The third-order valence-electron chi connectivity index (χ3n) is 1.43. The fraction of sp³-hybridized carbons (Fsp3) is 0.889. The van der Waals surface area contributed by atoms with Crippen LogP contribution >= 0.6 is 12.6 Å². The van der Waals surface area contributed by atoms with Gasteiger partial charge in [-0.3, -0.25) is 4.79 Å². The van der Waals surface area contributed by atoms with Gasteiger partial charge in [0.2, 0.25) is 0 Å². The Labute approximate surface area is 80.1 Å². The summed E-state index contributed by atoms with van der Waals surface area (Å²) in [4.78, 5) is 11.0. The maximum Gasteiger partial charge on any atom is 0.308 e. The van der Waals surface area contributed by atoms with Crippen LogP contribution in [0.2, 0.25) is 0 Å². The van der Waals surface area contributed by atoms with E-state index in [-0.39, 0.29) is 16.6 Å². The molecule has 0 aliphatic heterocycles. The molecular formula is C9H18O2S. The molecule has 0 heterocycles. The average molecular weight is 190 g/mol. The molecule has 0 saturated carbocycles. The Morgan fingerprint density at radius 1 is 1.50 bits per heavy atom. The molecule has 0 aliphatic carbocycles. The van der Waals surface area contributed by atoms with E-state index in [0.717, 1.165) is 6.42 Å². The first kappa shape index (κ1) is 11.8. The normalized spacial score (nSPS) is 11.8. The number of rotatable bonds is 4. The van der Waals surface area contributed by atoms with Crippen LogP contribution in [-0.4, -0.2) is 17.3 Å². The van der Waals surface area contributed by atoms with Crippen LogP contribution in [0.5, 0.6) is 0 Å². The lowest BCUT2D eigenvalue weighted by Gasteiger charge is -2.17. The molecular weight excluding hydrogens is 172 g/mol. The van der Waals surface area contributed by atoms with Crippen LogP contribution in [0.1, 0.15) is 34.1 Å². The second kappa shape index (κ2) is 4.75. The van der Waals surface area contributed by atoms with Crippen molar-refractivity contribution in [2.45, 2.75) is 38.9 Å². The first-order chi connectivity index (χ1) is 5.33. The molecule has 0 aliphatic rings.